The van der Waals surface area contributed by atoms with E-state index >= 15 is 0 Å². The first-order chi connectivity index (χ1) is 11.6. The van der Waals surface area contributed by atoms with Crippen molar-refractivity contribution in [3.63, 3.8) is 0 Å². The monoisotopic (exact) mass is 322 g/mol. The third-order valence-electron chi connectivity index (χ3n) is 3.70. The van der Waals surface area contributed by atoms with Crippen LogP contribution in [0.5, 0.6) is 0 Å². The van der Waals surface area contributed by atoms with Crippen molar-refractivity contribution in [1.29, 1.82) is 0 Å². The van der Waals surface area contributed by atoms with E-state index in [9.17, 15) is 9.59 Å². The van der Waals surface area contributed by atoms with E-state index < -0.39 is 0 Å². The zero-order valence-electron chi connectivity index (χ0n) is 13.3. The quantitative estimate of drug-likeness (QED) is 0.754. The van der Waals surface area contributed by atoms with E-state index in [1.165, 1.54) is 6.07 Å². The van der Waals surface area contributed by atoms with Gasteiger partial charge >= 0.3 is 0 Å². The molecule has 0 bridgehead atoms. The molecule has 0 radical (unpaired) electrons. The molecule has 6 nitrogen and oxygen atoms in total. The van der Waals surface area contributed by atoms with E-state index in [0.29, 0.717) is 17.8 Å². The molecular weight excluding hydrogens is 304 g/mol. The van der Waals surface area contributed by atoms with Gasteiger partial charge in [-0.15, -0.1) is 0 Å². The Morgan fingerprint density at radius 1 is 1.29 bits per heavy atom. The van der Waals surface area contributed by atoms with Gasteiger partial charge in [0.25, 0.3) is 5.91 Å². The van der Waals surface area contributed by atoms with E-state index in [1.807, 2.05) is 41.1 Å². The number of pyridine rings is 1. The average Bonchev–Trinajstić information content (AvgIpc) is 3.07. The number of carbonyl (C=O) groups is 1. The summed E-state index contributed by atoms with van der Waals surface area (Å²) in [5.41, 5.74) is 1.70. The molecule has 122 valence electrons. The Kier molecular flexibility index (Phi) is 4.56. The fourth-order valence-electron chi connectivity index (χ4n) is 2.58. The number of hydrogen-bond acceptors (Lipinski definition) is 3. The summed E-state index contributed by atoms with van der Waals surface area (Å²) in [5, 5.41) is 3.00. The van der Waals surface area contributed by atoms with E-state index in [0.717, 1.165) is 5.56 Å². The van der Waals surface area contributed by atoms with Crippen molar-refractivity contribution in [2.24, 2.45) is 0 Å². The molecule has 2 aromatic heterocycles. The SMILES string of the molecule is Cc1cc(C(=O)NC(Cn2ccnc2)c2ccccc2)cc(=O)[nH]1. The van der Waals surface area contributed by atoms with E-state index in [4.69, 9.17) is 0 Å². The topological polar surface area (TPSA) is 79.8 Å². The van der Waals surface area contributed by atoms with Gasteiger partial charge in [-0.25, -0.2) is 4.98 Å². The zero-order chi connectivity index (χ0) is 16.9. The number of H-pyrrole nitrogens is 1. The molecule has 1 unspecified atom stereocenters. The lowest BCUT2D eigenvalue weighted by Crippen LogP contribution is -2.32. The maximum absolute atomic E-state index is 12.6. The van der Waals surface area contributed by atoms with Crippen LogP contribution in [0.3, 0.4) is 0 Å². The second-order valence-corrected chi connectivity index (χ2v) is 5.61. The Morgan fingerprint density at radius 3 is 2.75 bits per heavy atom. The molecule has 0 aliphatic rings. The first-order valence-corrected chi connectivity index (χ1v) is 7.64. The van der Waals surface area contributed by atoms with Gasteiger partial charge in [0.05, 0.1) is 12.4 Å². The number of benzene rings is 1. The van der Waals surface area contributed by atoms with Gasteiger partial charge in [0, 0.05) is 36.3 Å². The second-order valence-electron chi connectivity index (χ2n) is 5.61. The van der Waals surface area contributed by atoms with Gasteiger partial charge in [0.1, 0.15) is 0 Å². The van der Waals surface area contributed by atoms with Gasteiger partial charge in [-0.1, -0.05) is 30.3 Å². The minimum absolute atomic E-state index is 0.229. The molecule has 3 aromatic rings. The summed E-state index contributed by atoms with van der Waals surface area (Å²) in [4.78, 5) is 30.8. The Balaban J connectivity index is 1.85. The third-order valence-corrected chi connectivity index (χ3v) is 3.70. The van der Waals surface area contributed by atoms with Crippen LogP contribution < -0.4 is 10.9 Å². The highest BCUT2D eigenvalue weighted by atomic mass is 16.2. The standard InChI is InChI=1S/C18H18N4O2/c1-13-9-15(10-17(23)20-13)18(24)21-16(11-22-8-7-19-12-22)14-5-3-2-4-6-14/h2-10,12,16H,11H2,1H3,(H,20,23)(H,21,24). The molecule has 0 saturated heterocycles. The van der Waals surface area contributed by atoms with Crippen molar-refractivity contribution in [1.82, 2.24) is 19.9 Å². The average molecular weight is 322 g/mol. The smallest absolute Gasteiger partial charge is 0.252 e. The van der Waals surface area contributed by atoms with Gasteiger partial charge in [-0.3, -0.25) is 9.59 Å². The normalized spacial score (nSPS) is 11.9. The lowest BCUT2D eigenvalue weighted by Gasteiger charge is -2.20. The van der Waals surface area contributed by atoms with Crippen LogP contribution in [0.25, 0.3) is 0 Å². The molecule has 0 saturated carbocycles. The number of nitrogens with zero attached hydrogens (tertiary/aromatic N) is 2. The molecule has 0 spiro atoms. The molecular formula is C18H18N4O2. The highest BCUT2D eigenvalue weighted by Crippen LogP contribution is 2.16. The molecule has 0 aliphatic carbocycles. The van der Waals surface area contributed by atoms with Gasteiger partial charge in [0.2, 0.25) is 5.56 Å². The fraction of sp³-hybridized carbons (Fsp3) is 0.167. The number of imidazole rings is 1. The Labute approximate surface area is 139 Å². The molecule has 0 fully saturated rings. The highest BCUT2D eigenvalue weighted by Gasteiger charge is 2.17. The largest absolute Gasteiger partial charge is 0.343 e. The Hall–Kier alpha value is -3.15. The van der Waals surface area contributed by atoms with Crippen molar-refractivity contribution in [3.8, 4) is 0 Å². The summed E-state index contributed by atoms with van der Waals surface area (Å²) in [6.45, 7) is 2.30. The van der Waals surface area contributed by atoms with Crippen LogP contribution in [0.2, 0.25) is 0 Å². The number of amides is 1. The Morgan fingerprint density at radius 2 is 2.08 bits per heavy atom. The molecule has 1 aromatic carbocycles. The van der Waals surface area contributed by atoms with Crippen LogP contribution in [0.1, 0.15) is 27.7 Å². The van der Waals surface area contributed by atoms with E-state index in [-0.39, 0.29) is 17.5 Å². The van der Waals surface area contributed by atoms with Gasteiger partial charge in [-0.2, -0.15) is 0 Å². The molecule has 6 heteroatoms. The van der Waals surface area contributed by atoms with Gasteiger partial charge in [0.15, 0.2) is 0 Å². The van der Waals surface area contributed by atoms with Crippen LogP contribution in [0.4, 0.5) is 0 Å². The van der Waals surface area contributed by atoms with E-state index in [2.05, 4.69) is 15.3 Å². The van der Waals surface area contributed by atoms with Gasteiger partial charge < -0.3 is 14.9 Å². The predicted molar refractivity (Wildman–Crippen MR) is 90.7 cm³/mol. The van der Waals surface area contributed by atoms with Gasteiger partial charge in [-0.05, 0) is 18.6 Å². The number of aromatic amines is 1. The first-order valence-electron chi connectivity index (χ1n) is 7.64. The number of aryl methyl sites for hydroxylation is 1. The third kappa shape index (κ3) is 3.78. The summed E-state index contributed by atoms with van der Waals surface area (Å²) in [5.74, 6) is -0.279. The molecule has 2 heterocycles. The minimum Gasteiger partial charge on any atom is -0.343 e. The molecule has 1 amide bonds. The predicted octanol–water partition coefficient (Wildman–Crippen LogP) is 2.05. The number of aromatic nitrogens is 3. The first kappa shape index (κ1) is 15.7. The van der Waals surface area contributed by atoms with Crippen LogP contribution in [-0.4, -0.2) is 20.4 Å². The lowest BCUT2D eigenvalue weighted by molar-refractivity contribution is 0.0932. The van der Waals surface area contributed by atoms with Crippen LogP contribution in [0, 0.1) is 6.92 Å². The van der Waals surface area contributed by atoms with Crippen molar-refractivity contribution in [2.75, 3.05) is 0 Å². The molecule has 24 heavy (non-hydrogen) atoms. The van der Waals surface area contributed by atoms with Crippen molar-refractivity contribution in [3.05, 3.63) is 88.4 Å². The maximum Gasteiger partial charge on any atom is 0.252 e. The number of rotatable bonds is 5. The lowest BCUT2D eigenvalue weighted by atomic mass is 10.1. The zero-order valence-corrected chi connectivity index (χ0v) is 13.3. The molecule has 2 N–H and O–H groups in total. The molecule has 3 rings (SSSR count). The molecule has 1 atom stereocenters. The van der Waals surface area contributed by atoms with Crippen LogP contribution >= 0.6 is 0 Å². The second kappa shape index (κ2) is 6.95. The Bertz CT molecular complexity index is 870. The number of carbonyl (C=O) groups excluding carboxylic acids is 1. The van der Waals surface area contributed by atoms with Crippen molar-refractivity contribution < 1.29 is 4.79 Å². The summed E-state index contributed by atoms with van der Waals surface area (Å²) in [7, 11) is 0. The summed E-state index contributed by atoms with van der Waals surface area (Å²) in [6, 6.07) is 12.5. The summed E-state index contributed by atoms with van der Waals surface area (Å²) < 4.78 is 1.90. The number of hydrogen-bond donors (Lipinski definition) is 2. The minimum atomic E-state index is -0.286. The summed E-state index contributed by atoms with van der Waals surface area (Å²) >= 11 is 0. The maximum atomic E-state index is 12.6. The van der Waals surface area contributed by atoms with Crippen molar-refractivity contribution in [2.45, 2.75) is 19.5 Å². The fourth-order valence-corrected chi connectivity index (χ4v) is 2.58. The van der Waals surface area contributed by atoms with Crippen LogP contribution in [-0.2, 0) is 6.54 Å². The molecule has 0 aliphatic heterocycles. The summed E-state index contributed by atoms with van der Waals surface area (Å²) in [6.07, 6.45) is 5.25. The number of nitrogens with one attached hydrogen (secondary N) is 2. The van der Waals surface area contributed by atoms with Crippen molar-refractivity contribution >= 4 is 5.91 Å². The highest BCUT2D eigenvalue weighted by molar-refractivity contribution is 5.94. The van der Waals surface area contributed by atoms with Crippen LogP contribution in [0.15, 0.2) is 66.0 Å². The van der Waals surface area contributed by atoms with E-state index in [1.54, 1.807) is 25.5 Å².